The van der Waals surface area contributed by atoms with Crippen LogP contribution in [-0.2, 0) is 13.1 Å². The van der Waals surface area contributed by atoms with Gasteiger partial charge in [-0.15, -0.1) is 10.2 Å². The van der Waals surface area contributed by atoms with Crippen molar-refractivity contribution in [2.75, 3.05) is 20.1 Å². The lowest BCUT2D eigenvalue weighted by Crippen LogP contribution is -2.34. The lowest BCUT2D eigenvalue weighted by atomic mass is 10.2. The zero-order chi connectivity index (χ0) is 15.8. The Labute approximate surface area is 134 Å². The molecule has 2 fully saturated rings. The van der Waals surface area contributed by atoms with Crippen LogP contribution in [0.4, 0.5) is 0 Å². The molecule has 0 unspecified atom stereocenters. The molecule has 2 aromatic heterocycles. The molecule has 3 heterocycles. The Morgan fingerprint density at radius 3 is 2.87 bits per heavy atom. The summed E-state index contributed by atoms with van der Waals surface area (Å²) in [7, 11) is 2.11. The summed E-state index contributed by atoms with van der Waals surface area (Å²) in [6.45, 7) is 5.30. The summed E-state index contributed by atoms with van der Waals surface area (Å²) in [4.78, 5) is 8.92. The van der Waals surface area contributed by atoms with Gasteiger partial charge < -0.3 is 8.94 Å². The van der Waals surface area contributed by atoms with Crippen molar-refractivity contribution in [1.82, 2.24) is 30.1 Å². The van der Waals surface area contributed by atoms with Gasteiger partial charge in [-0.2, -0.15) is 4.98 Å². The molecule has 4 rings (SSSR count). The lowest BCUT2D eigenvalue weighted by molar-refractivity contribution is 0.209. The van der Waals surface area contributed by atoms with Crippen LogP contribution in [0.5, 0.6) is 0 Å². The van der Waals surface area contributed by atoms with E-state index >= 15 is 0 Å². The van der Waals surface area contributed by atoms with Crippen LogP contribution >= 0.6 is 0 Å². The van der Waals surface area contributed by atoms with E-state index in [1.165, 1.54) is 12.8 Å². The number of aromatic nitrogens is 4. The molecule has 8 nitrogen and oxygen atoms in total. The highest BCUT2D eigenvalue weighted by molar-refractivity contribution is 5.00. The smallest absolute Gasteiger partial charge is 0.230 e. The summed E-state index contributed by atoms with van der Waals surface area (Å²) < 4.78 is 10.8. The molecule has 0 amide bonds. The zero-order valence-corrected chi connectivity index (χ0v) is 13.6. The average Bonchev–Trinajstić information content (AvgIpc) is 2.93. The van der Waals surface area contributed by atoms with E-state index in [0.717, 1.165) is 43.7 Å². The second kappa shape index (κ2) is 6.01. The third-order valence-corrected chi connectivity index (χ3v) is 4.60. The van der Waals surface area contributed by atoms with Gasteiger partial charge in [-0.1, -0.05) is 5.16 Å². The molecule has 1 saturated carbocycles. The Balaban J connectivity index is 1.29. The van der Waals surface area contributed by atoms with Gasteiger partial charge in [0.1, 0.15) is 0 Å². The van der Waals surface area contributed by atoms with E-state index in [2.05, 4.69) is 37.2 Å². The Kier molecular flexibility index (Phi) is 3.86. The number of hydrogen-bond donors (Lipinski definition) is 0. The second-order valence-electron chi connectivity index (χ2n) is 6.63. The monoisotopic (exact) mass is 318 g/mol. The molecule has 2 aliphatic rings. The largest absolute Gasteiger partial charge is 0.424 e. The van der Waals surface area contributed by atoms with Gasteiger partial charge >= 0.3 is 0 Å². The van der Waals surface area contributed by atoms with Gasteiger partial charge in [-0.25, -0.2) is 0 Å². The maximum Gasteiger partial charge on any atom is 0.230 e. The Morgan fingerprint density at radius 1 is 1.26 bits per heavy atom. The van der Waals surface area contributed by atoms with Gasteiger partial charge in [0.05, 0.1) is 13.1 Å². The molecule has 0 N–H and O–H groups in total. The minimum atomic E-state index is 0.486. The van der Waals surface area contributed by atoms with Gasteiger partial charge in [-0.05, 0) is 26.3 Å². The third-order valence-electron chi connectivity index (χ3n) is 4.60. The van der Waals surface area contributed by atoms with E-state index in [1.54, 1.807) is 0 Å². The predicted molar refractivity (Wildman–Crippen MR) is 80.5 cm³/mol. The molecule has 0 spiro atoms. The van der Waals surface area contributed by atoms with Crippen LogP contribution in [0.3, 0.4) is 0 Å². The highest BCUT2D eigenvalue weighted by atomic mass is 16.5. The van der Waals surface area contributed by atoms with E-state index < -0.39 is 0 Å². The first-order chi connectivity index (χ1) is 11.2. The van der Waals surface area contributed by atoms with Gasteiger partial charge in [0.15, 0.2) is 5.82 Å². The van der Waals surface area contributed by atoms with Crippen molar-refractivity contribution in [2.45, 2.75) is 51.2 Å². The lowest BCUT2D eigenvalue weighted by Gasteiger charge is -2.22. The van der Waals surface area contributed by atoms with Crippen molar-refractivity contribution >= 4 is 0 Å². The maximum absolute atomic E-state index is 5.75. The van der Waals surface area contributed by atoms with Crippen LogP contribution in [-0.4, -0.2) is 56.3 Å². The summed E-state index contributed by atoms with van der Waals surface area (Å²) >= 11 is 0. The van der Waals surface area contributed by atoms with Crippen molar-refractivity contribution in [1.29, 1.82) is 0 Å². The number of aryl methyl sites for hydroxylation is 1. The van der Waals surface area contributed by atoms with Crippen molar-refractivity contribution in [3.8, 4) is 0 Å². The van der Waals surface area contributed by atoms with Gasteiger partial charge in [0.25, 0.3) is 0 Å². The van der Waals surface area contributed by atoms with Crippen LogP contribution < -0.4 is 0 Å². The van der Waals surface area contributed by atoms with E-state index in [4.69, 9.17) is 8.94 Å². The molecule has 2 aromatic rings. The van der Waals surface area contributed by atoms with Crippen molar-refractivity contribution in [3.05, 3.63) is 23.5 Å². The maximum atomic E-state index is 5.75. The molecular weight excluding hydrogens is 296 g/mol. The Bertz CT molecular complexity index is 664. The first-order valence-corrected chi connectivity index (χ1v) is 8.21. The minimum Gasteiger partial charge on any atom is -0.424 e. The van der Waals surface area contributed by atoms with E-state index in [9.17, 15) is 0 Å². The van der Waals surface area contributed by atoms with E-state index in [0.29, 0.717) is 24.4 Å². The number of nitrogens with zero attached hydrogens (tertiary/aromatic N) is 6. The molecule has 1 saturated heterocycles. The molecule has 1 atom stereocenters. The van der Waals surface area contributed by atoms with Crippen LogP contribution in [0.2, 0.25) is 0 Å². The van der Waals surface area contributed by atoms with Crippen LogP contribution in [0.25, 0.3) is 0 Å². The highest BCUT2D eigenvalue weighted by Gasteiger charge is 2.31. The van der Waals surface area contributed by atoms with E-state index in [1.807, 2.05) is 6.92 Å². The minimum absolute atomic E-state index is 0.486. The van der Waals surface area contributed by atoms with Gasteiger partial charge in [0, 0.05) is 32.0 Å². The van der Waals surface area contributed by atoms with Crippen LogP contribution in [0.1, 0.15) is 48.7 Å². The zero-order valence-electron chi connectivity index (χ0n) is 13.6. The Hall–Kier alpha value is -1.80. The van der Waals surface area contributed by atoms with Crippen molar-refractivity contribution in [2.24, 2.45) is 0 Å². The fourth-order valence-electron chi connectivity index (χ4n) is 3.09. The fourth-order valence-corrected chi connectivity index (χ4v) is 3.09. The summed E-state index contributed by atoms with van der Waals surface area (Å²) in [6.07, 6.45) is 3.50. The predicted octanol–water partition coefficient (Wildman–Crippen LogP) is 1.34. The van der Waals surface area contributed by atoms with Gasteiger partial charge in [-0.3, -0.25) is 9.80 Å². The molecule has 1 aliphatic heterocycles. The molecule has 23 heavy (non-hydrogen) atoms. The summed E-state index contributed by atoms with van der Waals surface area (Å²) in [5.74, 6) is 3.44. The first-order valence-electron chi connectivity index (χ1n) is 8.21. The topological polar surface area (TPSA) is 84.3 Å². The molecule has 1 aliphatic carbocycles. The molecule has 8 heteroatoms. The molecule has 0 bridgehead atoms. The number of likely N-dealkylation sites (N-methyl/N-ethyl adjacent to an activating group) is 1. The quantitative estimate of drug-likeness (QED) is 0.789. The number of rotatable bonds is 6. The standard InChI is InChI=1S/C15H22N6O2/c1-10-16-13(19-23-10)8-20(2)12-5-6-21(7-12)9-14-17-18-15(22-14)11-3-4-11/h11-12H,3-9H2,1-2H3/t12-/m1/s1. The highest BCUT2D eigenvalue weighted by Crippen LogP contribution is 2.39. The van der Waals surface area contributed by atoms with Crippen molar-refractivity contribution < 1.29 is 8.94 Å². The molecular formula is C15H22N6O2. The fraction of sp³-hybridized carbons (Fsp3) is 0.733. The van der Waals surface area contributed by atoms with E-state index in [-0.39, 0.29) is 0 Å². The van der Waals surface area contributed by atoms with Gasteiger partial charge in [0.2, 0.25) is 17.7 Å². The number of likely N-dealkylation sites (tertiary alicyclic amines) is 1. The molecule has 0 radical (unpaired) electrons. The average molecular weight is 318 g/mol. The van der Waals surface area contributed by atoms with Crippen LogP contribution in [0.15, 0.2) is 8.94 Å². The second-order valence-corrected chi connectivity index (χ2v) is 6.63. The number of hydrogen-bond acceptors (Lipinski definition) is 8. The molecule has 0 aromatic carbocycles. The first kappa shape index (κ1) is 14.8. The normalized spacial score (nSPS) is 22.3. The third kappa shape index (κ3) is 3.42. The van der Waals surface area contributed by atoms with Crippen LogP contribution in [0, 0.1) is 6.92 Å². The summed E-state index contributed by atoms with van der Waals surface area (Å²) in [5.41, 5.74) is 0. The molecule has 124 valence electrons. The SMILES string of the molecule is Cc1nc(CN(C)[C@@H]2CCN(Cc3nnc(C4CC4)o3)C2)no1. The van der Waals surface area contributed by atoms with Crippen molar-refractivity contribution in [3.63, 3.8) is 0 Å². The Morgan fingerprint density at radius 2 is 2.13 bits per heavy atom. The summed E-state index contributed by atoms with van der Waals surface area (Å²) in [6, 6.07) is 0.486. The summed E-state index contributed by atoms with van der Waals surface area (Å²) in [5, 5.41) is 12.3.